The summed E-state index contributed by atoms with van der Waals surface area (Å²) in [7, 11) is 0. The molecule has 1 N–H and O–H groups in total. The molecule has 2 aliphatic heterocycles. The fraction of sp³-hybridized carbons (Fsp3) is 0.600. The van der Waals surface area contributed by atoms with Crippen molar-refractivity contribution in [2.24, 2.45) is 0 Å². The van der Waals surface area contributed by atoms with Crippen molar-refractivity contribution in [2.45, 2.75) is 32.4 Å². The molecular formula is C15H21ClN2O. The Morgan fingerprint density at radius 1 is 1.32 bits per heavy atom. The van der Waals surface area contributed by atoms with Gasteiger partial charge in [-0.2, -0.15) is 0 Å². The molecule has 3 nitrogen and oxygen atoms in total. The van der Waals surface area contributed by atoms with Crippen LogP contribution in [-0.4, -0.2) is 36.7 Å². The van der Waals surface area contributed by atoms with Gasteiger partial charge in [0.15, 0.2) is 0 Å². The van der Waals surface area contributed by atoms with Crippen LogP contribution in [0.5, 0.6) is 5.75 Å². The molecular weight excluding hydrogens is 260 g/mol. The summed E-state index contributed by atoms with van der Waals surface area (Å²) in [6.45, 7) is 9.51. The van der Waals surface area contributed by atoms with Crippen molar-refractivity contribution >= 4 is 11.6 Å². The fourth-order valence-electron chi connectivity index (χ4n) is 2.97. The van der Waals surface area contributed by atoms with E-state index in [-0.39, 0.29) is 5.60 Å². The molecule has 2 aliphatic rings. The average molecular weight is 281 g/mol. The van der Waals surface area contributed by atoms with Gasteiger partial charge in [0.05, 0.1) is 0 Å². The van der Waals surface area contributed by atoms with Gasteiger partial charge in [-0.05, 0) is 31.5 Å². The number of piperazine rings is 1. The monoisotopic (exact) mass is 280 g/mol. The van der Waals surface area contributed by atoms with E-state index in [1.165, 1.54) is 11.1 Å². The molecule has 3 rings (SSSR count). The minimum Gasteiger partial charge on any atom is -0.487 e. The Morgan fingerprint density at radius 2 is 2.05 bits per heavy atom. The summed E-state index contributed by atoms with van der Waals surface area (Å²) >= 11 is 6.25. The molecule has 0 saturated carbocycles. The standard InChI is InChI=1S/C15H21ClN2O/c1-15(2)9-11-7-13(16)8-12(14(11)19-15)10-18-5-3-17-4-6-18/h7-8,17H,3-6,9-10H2,1-2H3. The number of nitrogens with zero attached hydrogens (tertiary/aromatic N) is 1. The third-order valence-electron chi connectivity index (χ3n) is 3.81. The molecule has 1 aromatic carbocycles. The van der Waals surface area contributed by atoms with Gasteiger partial charge in [-0.25, -0.2) is 0 Å². The van der Waals surface area contributed by atoms with Gasteiger partial charge in [-0.15, -0.1) is 0 Å². The quantitative estimate of drug-likeness (QED) is 0.901. The molecule has 1 aromatic rings. The Kier molecular flexibility index (Phi) is 3.46. The fourth-order valence-corrected chi connectivity index (χ4v) is 3.24. The van der Waals surface area contributed by atoms with Crippen LogP contribution in [-0.2, 0) is 13.0 Å². The predicted octanol–water partition coefficient (Wildman–Crippen LogP) is 2.46. The number of fused-ring (bicyclic) bond motifs is 1. The largest absolute Gasteiger partial charge is 0.487 e. The van der Waals surface area contributed by atoms with E-state index in [0.29, 0.717) is 0 Å². The molecule has 1 saturated heterocycles. The number of hydrogen-bond donors (Lipinski definition) is 1. The lowest BCUT2D eigenvalue weighted by Crippen LogP contribution is -2.42. The summed E-state index contributed by atoms with van der Waals surface area (Å²) in [5, 5.41) is 4.20. The van der Waals surface area contributed by atoms with Gasteiger partial charge in [0.2, 0.25) is 0 Å². The van der Waals surface area contributed by atoms with E-state index in [1.807, 2.05) is 6.07 Å². The molecule has 0 aromatic heterocycles. The van der Waals surface area contributed by atoms with Crippen molar-refractivity contribution in [3.8, 4) is 5.75 Å². The normalized spacial score (nSPS) is 22.1. The van der Waals surface area contributed by atoms with Crippen molar-refractivity contribution < 1.29 is 4.74 Å². The first-order valence-electron chi connectivity index (χ1n) is 6.97. The third-order valence-corrected chi connectivity index (χ3v) is 4.02. The Balaban J connectivity index is 1.85. The van der Waals surface area contributed by atoms with Gasteiger partial charge in [0.1, 0.15) is 11.4 Å². The highest BCUT2D eigenvalue weighted by Gasteiger charge is 2.32. The van der Waals surface area contributed by atoms with Crippen LogP contribution in [0.15, 0.2) is 12.1 Å². The Hall–Kier alpha value is -0.770. The summed E-state index contributed by atoms with van der Waals surface area (Å²) < 4.78 is 6.12. The van der Waals surface area contributed by atoms with Crippen LogP contribution >= 0.6 is 11.6 Å². The molecule has 0 bridgehead atoms. The molecule has 0 radical (unpaired) electrons. The number of rotatable bonds is 2. The SMILES string of the molecule is CC1(C)Cc2cc(Cl)cc(CN3CCNCC3)c2O1. The first-order chi connectivity index (χ1) is 9.03. The van der Waals surface area contributed by atoms with Gasteiger partial charge in [-0.1, -0.05) is 11.6 Å². The molecule has 0 atom stereocenters. The first-order valence-corrected chi connectivity index (χ1v) is 7.35. The first kappa shape index (κ1) is 13.2. The molecule has 0 aliphatic carbocycles. The summed E-state index contributed by atoms with van der Waals surface area (Å²) in [5.41, 5.74) is 2.38. The van der Waals surface area contributed by atoms with E-state index in [2.05, 4.69) is 30.1 Å². The van der Waals surface area contributed by atoms with Gasteiger partial charge in [0.25, 0.3) is 0 Å². The third kappa shape index (κ3) is 2.88. The van der Waals surface area contributed by atoms with Crippen LogP contribution < -0.4 is 10.1 Å². The van der Waals surface area contributed by atoms with E-state index in [9.17, 15) is 0 Å². The Labute approximate surface area is 119 Å². The highest BCUT2D eigenvalue weighted by molar-refractivity contribution is 6.30. The zero-order valence-corrected chi connectivity index (χ0v) is 12.4. The Morgan fingerprint density at radius 3 is 2.79 bits per heavy atom. The predicted molar refractivity (Wildman–Crippen MR) is 78.0 cm³/mol. The molecule has 0 unspecified atom stereocenters. The molecule has 104 valence electrons. The summed E-state index contributed by atoms with van der Waals surface area (Å²) in [5.74, 6) is 1.06. The maximum absolute atomic E-state index is 6.25. The van der Waals surface area contributed by atoms with E-state index < -0.39 is 0 Å². The van der Waals surface area contributed by atoms with E-state index in [0.717, 1.165) is 49.9 Å². The molecule has 4 heteroatoms. The molecule has 1 fully saturated rings. The van der Waals surface area contributed by atoms with Gasteiger partial charge in [-0.3, -0.25) is 4.90 Å². The van der Waals surface area contributed by atoms with Crippen molar-refractivity contribution in [1.29, 1.82) is 0 Å². The average Bonchev–Trinajstić information content (AvgIpc) is 2.65. The van der Waals surface area contributed by atoms with Crippen LogP contribution in [0.4, 0.5) is 0 Å². The van der Waals surface area contributed by atoms with Crippen LogP contribution in [0.2, 0.25) is 5.02 Å². The highest BCUT2D eigenvalue weighted by Crippen LogP contribution is 2.40. The summed E-state index contributed by atoms with van der Waals surface area (Å²) in [4.78, 5) is 2.46. The Bertz CT molecular complexity index is 481. The topological polar surface area (TPSA) is 24.5 Å². The maximum atomic E-state index is 6.25. The minimum absolute atomic E-state index is 0.106. The molecule has 0 spiro atoms. The van der Waals surface area contributed by atoms with Crippen LogP contribution in [0.25, 0.3) is 0 Å². The minimum atomic E-state index is -0.106. The second-order valence-corrected chi connectivity index (χ2v) is 6.55. The second kappa shape index (κ2) is 4.97. The zero-order valence-electron chi connectivity index (χ0n) is 11.6. The van der Waals surface area contributed by atoms with Crippen LogP contribution in [0.1, 0.15) is 25.0 Å². The van der Waals surface area contributed by atoms with Gasteiger partial charge < -0.3 is 10.1 Å². The lowest BCUT2D eigenvalue weighted by Gasteiger charge is -2.28. The van der Waals surface area contributed by atoms with Crippen LogP contribution in [0, 0.1) is 0 Å². The van der Waals surface area contributed by atoms with Gasteiger partial charge in [0, 0.05) is 49.7 Å². The lowest BCUT2D eigenvalue weighted by atomic mass is 10.0. The van der Waals surface area contributed by atoms with Crippen molar-refractivity contribution in [3.05, 3.63) is 28.3 Å². The molecule has 2 heterocycles. The highest BCUT2D eigenvalue weighted by atomic mass is 35.5. The van der Waals surface area contributed by atoms with Gasteiger partial charge >= 0.3 is 0 Å². The zero-order chi connectivity index (χ0) is 13.5. The number of halogens is 1. The molecule has 0 amide bonds. The number of nitrogens with one attached hydrogen (secondary N) is 1. The van der Waals surface area contributed by atoms with Crippen molar-refractivity contribution in [2.75, 3.05) is 26.2 Å². The van der Waals surface area contributed by atoms with E-state index in [4.69, 9.17) is 16.3 Å². The van der Waals surface area contributed by atoms with Crippen LogP contribution in [0.3, 0.4) is 0 Å². The number of hydrogen-bond acceptors (Lipinski definition) is 3. The second-order valence-electron chi connectivity index (χ2n) is 6.12. The smallest absolute Gasteiger partial charge is 0.128 e. The number of benzene rings is 1. The lowest BCUT2D eigenvalue weighted by molar-refractivity contribution is 0.134. The maximum Gasteiger partial charge on any atom is 0.128 e. The van der Waals surface area contributed by atoms with Crippen molar-refractivity contribution in [1.82, 2.24) is 10.2 Å². The number of ether oxygens (including phenoxy) is 1. The molecule has 19 heavy (non-hydrogen) atoms. The van der Waals surface area contributed by atoms with Crippen molar-refractivity contribution in [3.63, 3.8) is 0 Å². The van der Waals surface area contributed by atoms with E-state index in [1.54, 1.807) is 0 Å². The summed E-state index contributed by atoms with van der Waals surface area (Å²) in [6, 6.07) is 4.11. The van der Waals surface area contributed by atoms with E-state index >= 15 is 0 Å². The summed E-state index contributed by atoms with van der Waals surface area (Å²) in [6.07, 6.45) is 0.942.